The minimum Gasteiger partial charge on any atom is -0.352 e. The van der Waals surface area contributed by atoms with Crippen LogP contribution >= 0.6 is 12.2 Å². The zero-order valence-electron chi connectivity index (χ0n) is 14.6. The molecule has 3 aromatic rings. The van der Waals surface area contributed by atoms with Crippen molar-refractivity contribution in [1.29, 1.82) is 0 Å². The fourth-order valence-electron chi connectivity index (χ4n) is 3.55. The van der Waals surface area contributed by atoms with Gasteiger partial charge in [0.1, 0.15) is 0 Å². The van der Waals surface area contributed by atoms with Crippen LogP contribution in [0.2, 0.25) is 0 Å². The molecule has 6 heteroatoms. The van der Waals surface area contributed by atoms with Crippen LogP contribution in [0, 0.1) is 0 Å². The van der Waals surface area contributed by atoms with Crippen molar-refractivity contribution in [1.82, 2.24) is 24.8 Å². The molecule has 0 amide bonds. The predicted molar refractivity (Wildman–Crippen MR) is 105 cm³/mol. The van der Waals surface area contributed by atoms with Gasteiger partial charge in [0.15, 0.2) is 5.11 Å². The van der Waals surface area contributed by atoms with Crippen LogP contribution in [-0.4, -0.2) is 24.5 Å². The summed E-state index contributed by atoms with van der Waals surface area (Å²) in [5.74, 6) is 0. The third-order valence-electron chi connectivity index (χ3n) is 4.76. The van der Waals surface area contributed by atoms with E-state index in [1.165, 1.54) is 5.69 Å². The molecule has 0 aromatic carbocycles. The van der Waals surface area contributed by atoms with Crippen molar-refractivity contribution in [2.45, 2.75) is 32.1 Å². The van der Waals surface area contributed by atoms with E-state index in [-0.39, 0.29) is 12.1 Å². The van der Waals surface area contributed by atoms with Gasteiger partial charge in [0.25, 0.3) is 0 Å². The summed E-state index contributed by atoms with van der Waals surface area (Å²) in [5.41, 5.74) is 3.22. The van der Waals surface area contributed by atoms with E-state index in [4.69, 9.17) is 12.2 Å². The summed E-state index contributed by atoms with van der Waals surface area (Å²) >= 11 is 5.70. The second kappa shape index (κ2) is 7.25. The second-order valence-corrected chi connectivity index (χ2v) is 6.68. The zero-order valence-corrected chi connectivity index (χ0v) is 15.4. The number of nitrogens with one attached hydrogen (secondary N) is 1. The highest BCUT2D eigenvalue weighted by Gasteiger charge is 2.41. The molecular weight excluding hydrogens is 342 g/mol. The van der Waals surface area contributed by atoms with Gasteiger partial charge in [0.05, 0.1) is 30.0 Å². The highest BCUT2D eigenvalue weighted by atomic mass is 32.1. The molecule has 1 aliphatic rings. The number of thiocarbonyl (C=S) groups is 1. The van der Waals surface area contributed by atoms with Crippen molar-refractivity contribution in [2.75, 3.05) is 0 Å². The van der Waals surface area contributed by atoms with E-state index in [2.05, 4.69) is 56.1 Å². The maximum atomic E-state index is 5.70. The first-order valence-electron chi connectivity index (χ1n) is 8.81. The van der Waals surface area contributed by atoms with E-state index in [0.717, 1.165) is 23.0 Å². The monoisotopic (exact) mass is 363 g/mol. The lowest BCUT2D eigenvalue weighted by atomic mass is 10.0. The zero-order chi connectivity index (χ0) is 17.9. The quantitative estimate of drug-likeness (QED) is 0.703. The first kappa shape index (κ1) is 16.7. The van der Waals surface area contributed by atoms with Gasteiger partial charge in [-0.2, -0.15) is 0 Å². The van der Waals surface area contributed by atoms with Gasteiger partial charge in [0, 0.05) is 30.8 Å². The van der Waals surface area contributed by atoms with Gasteiger partial charge in [-0.3, -0.25) is 9.97 Å². The van der Waals surface area contributed by atoms with Crippen molar-refractivity contribution >= 4 is 17.3 Å². The third-order valence-corrected chi connectivity index (χ3v) is 5.12. The summed E-state index contributed by atoms with van der Waals surface area (Å²) in [6.45, 7) is 3.73. The SMILES string of the molecule is CCn1cccc1C1C(c2ccccn2)NC(=S)N1Cc1ccccn1. The molecule has 4 heterocycles. The molecule has 0 aliphatic carbocycles. The van der Waals surface area contributed by atoms with Crippen LogP contribution in [-0.2, 0) is 13.1 Å². The van der Waals surface area contributed by atoms with Crippen molar-refractivity contribution in [2.24, 2.45) is 0 Å². The smallest absolute Gasteiger partial charge is 0.170 e. The normalized spacial score (nSPS) is 19.6. The Morgan fingerprint density at radius 2 is 1.85 bits per heavy atom. The Bertz CT molecular complexity index is 877. The Morgan fingerprint density at radius 1 is 1.04 bits per heavy atom. The number of nitrogens with zero attached hydrogens (tertiary/aromatic N) is 4. The summed E-state index contributed by atoms with van der Waals surface area (Å²) in [7, 11) is 0. The minimum absolute atomic E-state index is 0.00705. The van der Waals surface area contributed by atoms with Gasteiger partial charge in [-0.1, -0.05) is 12.1 Å². The van der Waals surface area contributed by atoms with E-state index in [1.807, 2.05) is 42.7 Å². The van der Waals surface area contributed by atoms with Crippen LogP contribution in [0.1, 0.15) is 36.1 Å². The Labute approximate surface area is 158 Å². The van der Waals surface area contributed by atoms with Crippen LogP contribution in [0.15, 0.2) is 67.1 Å². The van der Waals surface area contributed by atoms with E-state index in [1.54, 1.807) is 0 Å². The molecule has 5 nitrogen and oxygen atoms in total. The van der Waals surface area contributed by atoms with Crippen LogP contribution in [0.4, 0.5) is 0 Å². The highest BCUT2D eigenvalue weighted by molar-refractivity contribution is 7.80. The molecule has 1 fully saturated rings. The Hall–Kier alpha value is -2.73. The molecule has 2 unspecified atom stereocenters. The van der Waals surface area contributed by atoms with Crippen molar-refractivity contribution in [3.05, 3.63) is 84.2 Å². The Morgan fingerprint density at radius 3 is 2.54 bits per heavy atom. The van der Waals surface area contributed by atoms with Crippen molar-refractivity contribution in [3.8, 4) is 0 Å². The number of pyridine rings is 2. The molecule has 1 saturated heterocycles. The summed E-state index contributed by atoms with van der Waals surface area (Å²) in [5, 5.41) is 4.22. The fourth-order valence-corrected chi connectivity index (χ4v) is 3.85. The summed E-state index contributed by atoms with van der Waals surface area (Å²) < 4.78 is 2.27. The summed E-state index contributed by atoms with van der Waals surface area (Å²) in [6, 6.07) is 16.3. The van der Waals surface area contributed by atoms with Gasteiger partial charge < -0.3 is 14.8 Å². The lowest BCUT2D eigenvalue weighted by molar-refractivity contribution is 0.295. The first-order chi connectivity index (χ1) is 12.8. The summed E-state index contributed by atoms with van der Waals surface area (Å²) in [6.07, 6.45) is 5.77. The fraction of sp³-hybridized carbons (Fsp3) is 0.250. The number of aromatic nitrogens is 3. The largest absolute Gasteiger partial charge is 0.352 e. The van der Waals surface area contributed by atoms with Gasteiger partial charge in [0.2, 0.25) is 0 Å². The van der Waals surface area contributed by atoms with E-state index >= 15 is 0 Å². The molecular formula is C20H21N5S. The first-order valence-corrected chi connectivity index (χ1v) is 9.21. The third kappa shape index (κ3) is 3.08. The van der Waals surface area contributed by atoms with Crippen molar-refractivity contribution in [3.63, 3.8) is 0 Å². The lowest BCUT2D eigenvalue weighted by Gasteiger charge is -2.28. The molecule has 0 bridgehead atoms. The molecule has 2 atom stereocenters. The predicted octanol–water partition coefficient (Wildman–Crippen LogP) is 3.47. The highest BCUT2D eigenvalue weighted by Crippen LogP contribution is 2.39. The van der Waals surface area contributed by atoms with Crippen LogP contribution < -0.4 is 5.32 Å². The summed E-state index contributed by atoms with van der Waals surface area (Å²) in [4.78, 5) is 11.3. The maximum absolute atomic E-state index is 5.70. The number of hydrogen-bond donors (Lipinski definition) is 1. The molecule has 0 saturated carbocycles. The average molecular weight is 363 g/mol. The van der Waals surface area contributed by atoms with Crippen LogP contribution in [0.25, 0.3) is 0 Å². The van der Waals surface area contributed by atoms with E-state index in [9.17, 15) is 0 Å². The van der Waals surface area contributed by atoms with Crippen LogP contribution in [0.3, 0.4) is 0 Å². The lowest BCUT2D eigenvalue weighted by Crippen LogP contribution is -2.30. The van der Waals surface area contributed by atoms with Gasteiger partial charge in [-0.25, -0.2) is 0 Å². The minimum atomic E-state index is 0.00705. The van der Waals surface area contributed by atoms with Crippen molar-refractivity contribution < 1.29 is 0 Å². The number of rotatable bonds is 5. The molecule has 1 N–H and O–H groups in total. The number of aryl methyl sites for hydroxylation is 1. The van der Waals surface area contributed by atoms with Gasteiger partial charge >= 0.3 is 0 Å². The molecule has 1 aliphatic heterocycles. The maximum Gasteiger partial charge on any atom is 0.170 e. The van der Waals surface area contributed by atoms with E-state index < -0.39 is 0 Å². The Balaban J connectivity index is 1.75. The average Bonchev–Trinajstić information content (AvgIpc) is 3.28. The van der Waals surface area contributed by atoms with Gasteiger partial charge in [-0.15, -0.1) is 0 Å². The molecule has 26 heavy (non-hydrogen) atoms. The molecule has 3 aromatic heterocycles. The topological polar surface area (TPSA) is 46.0 Å². The Kier molecular flexibility index (Phi) is 4.67. The standard InChI is InChI=1S/C20H21N5S/c1-2-24-13-7-10-17(24)19-18(16-9-4-6-12-22-16)23-20(26)25(19)14-15-8-3-5-11-21-15/h3-13,18-19H,2,14H2,1H3,(H,23,26). The molecule has 4 rings (SSSR count). The van der Waals surface area contributed by atoms with Gasteiger partial charge in [-0.05, 0) is 55.5 Å². The second-order valence-electron chi connectivity index (χ2n) is 6.29. The van der Waals surface area contributed by atoms with Crippen LogP contribution in [0.5, 0.6) is 0 Å². The number of hydrogen-bond acceptors (Lipinski definition) is 3. The van der Waals surface area contributed by atoms with E-state index in [0.29, 0.717) is 6.54 Å². The molecule has 0 spiro atoms. The molecule has 132 valence electrons. The molecule has 0 radical (unpaired) electrons.